The zero-order chi connectivity index (χ0) is 44.4. The van der Waals surface area contributed by atoms with Crippen LogP contribution in [0.1, 0.15) is 40.7 Å². The molecule has 4 N–H and O–H groups in total. The number of nitro benzene ring substituents is 1. The van der Waals surface area contributed by atoms with Crippen molar-refractivity contribution >= 4 is 61.5 Å². The number of H-pyrrole nitrogens is 1. The van der Waals surface area contributed by atoms with Crippen molar-refractivity contribution in [3.63, 3.8) is 0 Å². The molecule has 9 rings (SSSR count). The van der Waals surface area contributed by atoms with E-state index in [0.29, 0.717) is 62.4 Å². The van der Waals surface area contributed by atoms with Crippen LogP contribution in [0.2, 0.25) is 5.02 Å². The minimum atomic E-state index is -4.58. The molecule has 4 aliphatic heterocycles. The number of fused-ring (bicyclic) bond motifs is 2. The van der Waals surface area contributed by atoms with Crippen molar-refractivity contribution < 1.29 is 32.4 Å². The number of piperazine rings is 1. The van der Waals surface area contributed by atoms with Gasteiger partial charge in [0.1, 0.15) is 22.8 Å². The summed E-state index contributed by atoms with van der Waals surface area (Å²) in [4.78, 5) is 52.9. The van der Waals surface area contributed by atoms with Gasteiger partial charge in [0.05, 0.1) is 27.5 Å². The number of sulfonamides is 1. The number of benzene rings is 3. The lowest BCUT2D eigenvalue weighted by molar-refractivity contribution is -0.384. The summed E-state index contributed by atoms with van der Waals surface area (Å²) in [6, 6.07) is 18.1. The first kappa shape index (κ1) is 43.5. The second-order valence-corrected chi connectivity index (χ2v) is 19.0. The number of aromatic nitrogens is 2. The third-order valence-electron chi connectivity index (χ3n) is 12.7. The Balaban J connectivity index is 0.916. The van der Waals surface area contributed by atoms with E-state index in [4.69, 9.17) is 21.1 Å². The molecule has 2 unspecified atom stereocenters. The van der Waals surface area contributed by atoms with Gasteiger partial charge in [0, 0.05) is 106 Å². The van der Waals surface area contributed by atoms with Gasteiger partial charge in [-0.3, -0.25) is 24.6 Å². The molecule has 5 aromatic rings. The average molecular weight is 912 g/mol. The standard InChI is InChI=1S/C45H50ClN9O8S/c46-34-2-1-30-20-36(54(27-33(30)19-34)45(57)32-7-11-47-25-32)28-52-13-15-53(16-14-52)35-3-5-39(42(22-35)63-37-21-31-8-12-48-43(31)50-26-37)44(56)51-64(60,61)38-4-6-40(41(23-38)55(58)59)49-24-29-9-17-62-18-10-29/h1-6,8,12,19,21-23,26,29,32,36,47,49H,7,9-11,13-18,20,24-25,27-28H2,(H,48,50)(H,51,56). The van der Waals surface area contributed by atoms with Gasteiger partial charge in [0.2, 0.25) is 5.91 Å². The van der Waals surface area contributed by atoms with Crippen LogP contribution >= 0.6 is 11.6 Å². The van der Waals surface area contributed by atoms with Crippen molar-refractivity contribution in [2.24, 2.45) is 11.8 Å². The molecule has 2 amide bonds. The third kappa shape index (κ3) is 9.66. The molecule has 3 aromatic carbocycles. The minimum absolute atomic E-state index is 0.0104. The summed E-state index contributed by atoms with van der Waals surface area (Å²) >= 11 is 6.37. The number of rotatable bonds is 13. The smallest absolute Gasteiger partial charge is 0.293 e. The molecule has 0 radical (unpaired) electrons. The molecule has 336 valence electrons. The van der Waals surface area contributed by atoms with E-state index >= 15 is 0 Å². The average Bonchev–Trinajstić information content (AvgIpc) is 4.02. The Hall–Kier alpha value is -5.79. The molecule has 0 aliphatic carbocycles. The molecular formula is C45H50ClN9O8S. The van der Waals surface area contributed by atoms with Crippen LogP contribution in [0.15, 0.2) is 84.0 Å². The molecule has 0 saturated carbocycles. The molecule has 64 heavy (non-hydrogen) atoms. The van der Waals surface area contributed by atoms with E-state index in [1.807, 2.05) is 18.2 Å². The van der Waals surface area contributed by atoms with E-state index in [1.54, 1.807) is 24.4 Å². The van der Waals surface area contributed by atoms with Gasteiger partial charge in [-0.25, -0.2) is 18.1 Å². The Morgan fingerprint density at radius 1 is 0.984 bits per heavy atom. The number of halogens is 1. The molecule has 0 spiro atoms. The number of hydrogen-bond acceptors (Lipinski definition) is 13. The first-order valence-corrected chi connectivity index (χ1v) is 23.5. The number of nitrogens with one attached hydrogen (secondary N) is 4. The van der Waals surface area contributed by atoms with E-state index in [9.17, 15) is 28.1 Å². The van der Waals surface area contributed by atoms with Gasteiger partial charge in [0.25, 0.3) is 21.6 Å². The minimum Gasteiger partial charge on any atom is -0.455 e. The van der Waals surface area contributed by atoms with Crippen LogP contribution in [0.5, 0.6) is 11.5 Å². The fraction of sp³-hybridized carbons (Fsp3) is 0.400. The number of hydrogen-bond donors (Lipinski definition) is 4. The summed E-state index contributed by atoms with van der Waals surface area (Å²) in [5.41, 5.74) is 3.41. The van der Waals surface area contributed by atoms with Gasteiger partial charge in [-0.15, -0.1) is 0 Å². The monoisotopic (exact) mass is 911 g/mol. The zero-order valence-corrected chi connectivity index (χ0v) is 36.7. The van der Waals surface area contributed by atoms with Gasteiger partial charge in [0.15, 0.2) is 0 Å². The summed E-state index contributed by atoms with van der Waals surface area (Å²) in [5, 5.41) is 20.0. The molecule has 2 aromatic heterocycles. The van der Waals surface area contributed by atoms with E-state index < -0.39 is 31.4 Å². The van der Waals surface area contributed by atoms with Crippen LogP contribution in [0, 0.1) is 22.0 Å². The van der Waals surface area contributed by atoms with E-state index in [0.717, 1.165) is 74.6 Å². The lowest BCUT2D eigenvalue weighted by Crippen LogP contribution is -2.55. The van der Waals surface area contributed by atoms with Crippen molar-refractivity contribution in [2.45, 2.75) is 43.2 Å². The number of anilines is 2. The number of carbonyl (C=O) groups is 2. The Labute approximate surface area is 375 Å². The van der Waals surface area contributed by atoms with Gasteiger partial charge < -0.3 is 34.9 Å². The maximum absolute atomic E-state index is 13.9. The van der Waals surface area contributed by atoms with Crippen molar-refractivity contribution in [2.75, 3.05) is 75.8 Å². The van der Waals surface area contributed by atoms with Crippen LogP contribution in [-0.4, -0.2) is 117 Å². The van der Waals surface area contributed by atoms with Crippen LogP contribution < -0.4 is 25.0 Å². The molecule has 3 saturated heterocycles. The van der Waals surface area contributed by atoms with Crippen molar-refractivity contribution in [3.05, 3.63) is 111 Å². The first-order valence-electron chi connectivity index (χ1n) is 21.7. The molecule has 0 bridgehead atoms. The summed E-state index contributed by atoms with van der Waals surface area (Å²) in [6.07, 6.45) is 6.46. The maximum atomic E-state index is 13.9. The Morgan fingerprint density at radius 2 is 1.81 bits per heavy atom. The Morgan fingerprint density at radius 3 is 2.59 bits per heavy atom. The second-order valence-electron chi connectivity index (χ2n) is 16.9. The number of amides is 2. The fourth-order valence-corrected chi connectivity index (χ4v) is 10.3. The predicted octanol–water partition coefficient (Wildman–Crippen LogP) is 5.56. The summed E-state index contributed by atoms with van der Waals surface area (Å²) in [5.74, 6) is -0.142. The lowest BCUT2D eigenvalue weighted by atomic mass is 9.92. The highest BCUT2D eigenvalue weighted by atomic mass is 35.5. The summed E-state index contributed by atoms with van der Waals surface area (Å²) < 4.78 is 41.2. The van der Waals surface area contributed by atoms with Crippen LogP contribution in [0.25, 0.3) is 11.0 Å². The number of ether oxygens (including phenoxy) is 2. The molecule has 6 heterocycles. The highest BCUT2D eigenvalue weighted by Crippen LogP contribution is 2.34. The SMILES string of the molecule is O=C(NS(=O)(=O)c1ccc(NCC2CCOCC2)c([N+](=O)[O-])c1)c1ccc(N2CCN(CC3Cc4ccc(Cl)cc4CN3C(=O)C3CCNC3)CC2)cc1Oc1cnc2[nH]ccc2c1. The van der Waals surface area contributed by atoms with Gasteiger partial charge in [-0.2, -0.15) is 0 Å². The normalized spacial score (nSPS) is 19.6. The van der Waals surface area contributed by atoms with Crippen molar-refractivity contribution in [3.8, 4) is 11.5 Å². The molecule has 4 aliphatic rings. The topological polar surface area (TPSA) is 204 Å². The van der Waals surface area contributed by atoms with Gasteiger partial charge in [-0.1, -0.05) is 17.7 Å². The predicted molar refractivity (Wildman–Crippen MR) is 242 cm³/mol. The number of carbonyl (C=O) groups excluding carboxylic acids is 2. The molecule has 2 atom stereocenters. The van der Waals surface area contributed by atoms with Gasteiger partial charge in [-0.05, 0) is 97.8 Å². The molecule has 17 nitrogen and oxygen atoms in total. The largest absolute Gasteiger partial charge is 0.455 e. The molecular weight excluding hydrogens is 862 g/mol. The Kier molecular flexibility index (Phi) is 12.7. The zero-order valence-electron chi connectivity index (χ0n) is 35.1. The summed E-state index contributed by atoms with van der Waals surface area (Å²) in [7, 11) is -4.58. The number of nitro groups is 1. The lowest BCUT2D eigenvalue weighted by Gasteiger charge is -2.43. The third-order valence-corrected chi connectivity index (χ3v) is 14.3. The first-order chi connectivity index (χ1) is 31.0. The van der Waals surface area contributed by atoms with Gasteiger partial charge >= 0.3 is 0 Å². The van der Waals surface area contributed by atoms with E-state index in [2.05, 4.69) is 46.1 Å². The van der Waals surface area contributed by atoms with Crippen molar-refractivity contribution in [1.82, 2.24) is 29.8 Å². The quantitative estimate of drug-likeness (QED) is 0.0846. The van der Waals surface area contributed by atoms with Crippen molar-refractivity contribution in [1.29, 1.82) is 0 Å². The summed E-state index contributed by atoms with van der Waals surface area (Å²) in [6.45, 7) is 7.23. The van der Waals surface area contributed by atoms with Crippen LogP contribution in [0.3, 0.4) is 0 Å². The number of nitrogens with zero attached hydrogens (tertiary/aromatic N) is 5. The maximum Gasteiger partial charge on any atom is 0.293 e. The molecule has 3 fully saturated rings. The molecule has 19 heteroatoms. The Bertz CT molecular complexity index is 2660. The number of pyridine rings is 1. The van der Waals surface area contributed by atoms with Crippen LogP contribution in [0.4, 0.5) is 17.1 Å². The van der Waals surface area contributed by atoms with E-state index in [-0.39, 0.29) is 40.8 Å². The number of aromatic amines is 1. The van der Waals surface area contributed by atoms with E-state index in [1.165, 1.54) is 30.0 Å². The highest BCUT2D eigenvalue weighted by molar-refractivity contribution is 7.90. The second kappa shape index (κ2) is 18.7. The fourth-order valence-electron chi connectivity index (χ4n) is 9.13. The highest BCUT2D eigenvalue weighted by Gasteiger charge is 2.36. The van der Waals surface area contributed by atoms with Crippen LogP contribution in [-0.2, 0) is 32.5 Å².